The van der Waals surface area contributed by atoms with Crippen molar-refractivity contribution in [3.8, 4) is 17.2 Å². The molecule has 1 aliphatic heterocycles. The van der Waals surface area contributed by atoms with Gasteiger partial charge in [-0.2, -0.15) is 5.26 Å². The van der Waals surface area contributed by atoms with E-state index < -0.39 is 0 Å². The van der Waals surface area contributed by atoms with Gasteiger partial charge in [-0.25, -0.2) is 14.4 Å². The number of hydrazine groups is 2. The van der Waals surface area contributed by atoms with Gasteiger partial charge in [-0.3, -0.25) is 9.99 Å². The Hall–Kier alpha value is -5.53. The van der Waals surface area contributed by atoms with E-state index in [1.165, 1.54) is 18.5 Å². The van der Waals surface area contributed by atoms with Crippen molar-refractivity contribution in [3.05, 3.63) is 126 Å². The lowest BCUT2D eigenvalue weighted by Gasteiger charge is -2.24. The quantitative estimate of drug-likeness (QED) is 0.139. The second-order valence-corrected chi connectivity index (χ2v) is 11.3. The van der Waals surface area contributed by atoms with Crippen LogP contribution in [0, 0.1) is 17.1 Å². The van der Waals surface area contributed by atoms with E-state index in [1.54, 1.807) is 30.7 Å². The van der Waals surface area contributed by atoms with Crippen LogP contribution in [0.25, 0.3) is 22.0 Å². The maximum Gasteiger partial charge on any atom is 0.123 e. The van der Waals surface area contributed by atoms with E-state index >= 15 is 0 Å². The highest BCUT2D eigenvalue weighted by molar-refractivity contribution is 6.04. The van der Waals surface area contributed by atoms with E-state index in [1.807, 2.05) is 30.3 Å². The van der Waals surface area contributed by atoms with Gasteiger partial charge in [-0.05, 0) is 54.7 Å². The number of benzene rings is 3. The molecule has 7 rings (SSSR count). The average Bonchev–Trinajstić information content (AvgIpc) is 3.83. The zero-order chi connectivity index (χ0) is 30.8. The normalized spacial score (nSPS) is 15.6. The zero-order valence-electron chi connectivity index (χ0n) is 24.7. The summed E-state index contributed by atoms with van der Waals surface area (Å²) in [5.41, 5.74) is 13.8. The van der Waals surface area contributed by atoms with Crippen molar-refractivity contribution in [3.63, 3.8) is 0 Å². The number of nitriles is 1. The molecule has 224 valence electrons. The summed E-state index contributed by atoms with van der Waals surface area (Å²) in [6.45, 7) is 2.12. The van der Waals surface area contributed by atoms with Crippen molar-refractivity contribution in [2.45, 2.75) is 44.3 Å². The summed E-state index contributed by atoms with van der Waals surface area (Å²) in [7, 11) is 0. The lowest BCUT2D eigenvalue weighted by molar-refractivity contribution is 0.260. The molecule has 1 saturated carbocycles. The molecule has 1 aliphatic carbocycles. The second-order valence-electron chi connectivity index (χ2n) is 11.3. The molecule has 2 atom stereocenters. The molecule has 45 heavy (non-hydrogen) atoms. The van der Waals surface area contributed by atoms with Crippen molar-refractivity contribution in [1.29, 1.82) is 5.26 Å². The van der Waals surface area contributed by atoms with Crippen molar-refractivity contribution < 1.29 is 4.39 Å². The molecule has 0 bridgehead atoms. The molecule has 4 N–H and O–H groups in total. The van der Waals surface area contributed by atoms with Crippen LogP contribution in [0.1, 0.15) is 55.0 Å². The fourth-order valence-electron chi connectivity index (χ4n) is 5.77. The van der Waals surface area contributed by atoms with E-state index in [2.05, 4.69) is 67.9 Å². The van der Waals surface area contributed by atoms with Crippen LogP contribution in [-0.4, -0.2) is 26.0 Å². The number of pyridine rings is 1. The Morgan fingerprint density at radius 3 is 2.49 bits per heavy atom. The fourth-order valence-corrected chi connectivity index (χ4v) is 5.77. The number of fused-ring (bicyclic) bond motifs is 1. The molecule has 0 spiro atoms. The van der Waals surface area contributed by atoms with Gasteiger partial charge in [0.1, 0.15) is 18.2 Å². The molecule has 10 heteroatoms. The minimum Gasteiger partial charge on any atom is -0.377 e. The topological polar surface area (TPSA) is 114 Å². The monoisotopic (exact) mass is 597 g/mol. The van der Waals surface area contributed by atoms with Crippen molar-refractivity contribution in [2.75, 3.05) is 10.6 Å². The van der Waals surface area contributed by atoms with Gasteiger partial charge in [0.2, 0.25) is 0 Å². The van der Waals surface area contributed by atoms with Crippen LogP contribution in [0.5, 0.6) is 0 Å². The first-order valence-corrected chi connectivity index (χ1v) is 15.1. The maximum absolute atomic E-state index is 14.0. The summed E-state index contributed by atoms with van der Waals surface area (Å²) in [5, 5.41) is 20.5. The molecular formula is C35H32FN9. The molecule has 2 aliphatic rings. The summed E-state index contributed by atoms with van der Waals surface area (Å²) in [6.07, 6.45) is 11.8. The van der Waals surface area contributed by atoms with Gasteiger partial charge in [-0.1, -0.05) is 49.4 Å². The Morgan fingerprint density at radius 1 is 1.00 bits per heavy atom. The van der Waals surface area contributed by atoms with Crippen LogP contribution in [0.4, 0.5) is 15.8 Å². The molecule has 0 radical (unpaired) electrons. The van der Waals surface area contributed by atoms with E-state index in [9.17, 15) is 9.65 Å². The number of anilines is 2. The van der Waals surface area contributed by atoms with Gasteiger partial charge in [0, 0.05) is 53.0 Å². The van der Waals surface area contributed by atoms with Gasteiger partial charge in [0.25, 0.3) is 0 Å². The average molecular weight is 598 g/mol. The summed E-state index contributed by atoms with van der Waals surface area (Å²) < 4.78 is 14.0. The van der Waals surface area contributed by atoms with Gasteiger partial charge in [0.15, 0.2) is 0 Å². The van der Waals surface area contributed by atoms with Gasteiger partial charge in [-0.15, -0.1) is 5.53 Å². The van der Waals surface area contributed by atoms with E-state index in [0.717, 1.165) is 63.8 Å². The van der Waals surface area contributed by atoms with Gasteiger partial charge in [0.05, 0.1) is 34.5 Å². The molecule has 1 fully saturated rings. The number of hydrogen-bond donors (Lipinski definition) is 4. The lowest BCUT2D eigenvalue weighted by Crippen LogP contribution is -2.38. The predicted molar refractivity (Wildman–Crippen MR) is 173 cm³/mol. The fraction of sp³-hybridized carbons (Fsp3) is 0.200. The highest BCUT2D eigenvalue weighted by atomic mass is 19.1. The summed E-state index contributed by atoms with van der Waals surface area (Å²) in [4.78, 5) is 13.3. The molecular weight excluding hydrogens is 565 g/mol. The SMILES string of the molecule is CC[C@@H](Nc1c(C#N)cnc2c(-c3cncnc3)cc(NC(C3=CN(C4CC4)NN3)c3ccc(F)cc3)cc12)c1ccccc1. The predicted octanol–water partition coefficient (Wildman–Crippen LogP) is 6.75. The first-order valence-electron chi connectivity index (χ1n) is 15.1. The Labute approximate surface area is 260 Å². The van der Waals surface area contributed by atoms with Crippen LogP contribution >= 0.6 is 0 Å². The maximum atomic E-state index is 14.0. The zero-order valence-corrected chi connectivity index (χ0v) is 24.7. The molecule has 0 saturated heterocycles. The number of aromatic nitrogens is 3. The summed E-state index contributed by atoms with van der Waals surface area (Å²) >= 11 is 0. The standard InChI is InChI=1S/C35H32FN9/c1-2-31(22-6-4-3-5-7-22)42-33-24(16-37)19-40-35-29(25-17-38-21-39-18-25)14-27(15-30(33)35)41-34(23-8-10-26(36)11-9-23)32-20-45(44-43-32)28-12-13-28/h3-11,14-15,17-21,28,31,34,41,43-44H,2,12-13H2,1H3,(H,40,42)/t31-,34?/m1/s1. The van der Waals surface area contributed by atoms with Gasteiger partial charge < -0.3 is 16.1 Å². The third-order valence-electron chi connectivity index (χ3n) is 8.27. The van der Waals surface area contributed by atoms with E-state index in [0.29, 0.717) is 17.3 Å². The van der Waals surface area contributed by atoms with Crippen molar-refractivity contribution in [2.24, 2.45) is 0 Å². The number of hydrogen-bond acceptors (Lipinski definition) is 9. The Morgan fingerprint density at radius 2 is 1.78 bits per heavy atom. The Kier molecular flexibility index (Phi) is 7.68. The van der Waals surface area contributed by atoms with Crippen molar-refractivity contribution in [1.82, 2.24) is 30.9 Å². The number of nitrogens with zero attached hydrogens (tertiary/aromatic N) is 5. The van der Waals surface area contributed by atoms with Gasteiger partial charge >= 0.3 is 0 Å². The minimum atomic E-state index is -0.338. The Bertz CT molecular complexity index is 1880. The number of rotatable bonds is 10. The molecule has 3 aromatic carbocycles. The van der Waals surface area contributed by atoms with Crippen LogP contribution in [-0.2, 0) is 0 Å². The number of halogens is 1. The molecule has 3 heterocycles. The largest absolute Gasteiger partial charge is 0.377 e. The second kappa shape index (κ2) is 12.2. The van der Waals surface area contributed by atoms with E-state index in [-0.39, 0.29) is 17.9 Å². The molecule has 9 nitrogen and oxygen atoms in total. The van der Waals surface area contributed by atoms with Crippen LogP contribution in [0.15, 0.2) is 104 Å². The molecule has 5 aromatic rings. The highest BCUT2D eigenvalue weighted by Gasteiger charge is 2.32. The molecule has 0 amide bonds. The lowest BCUT2D eigenvalue weighted by atomic mass is 9.98. The highest BCUT2D eigenvalue weighted by Crippen LogP contribution is 2.39. The minimum absolute atomic E-state index is 0.0247. The van der Waals surface area contributed by atoms with Crippen molar-refractivity contribution >= 4 is 22.3 Å². The third-order valence-corrected chi connectivity index (χ3v) is 8.27. The summed E-state index contributed by atoms with van der Waals surface area (Å²) in [6, 6.07) is 23.2. The number of nitrogens with one attached hydrogen (secondary N) is 4. The Balaban J connectivity index is 1.38. The third kappa shape index (κ3) is 5.86. The molecule has 2 aromatic heterocycles. The van der Waals surface area contributed by atoms with Crippen LogP contribution in [0.3, 0.4) is 0 Å². The first kappa shape index (κ1) is 28.3. The van der Waals surface area contributed by atoms with E-state index in [4.69, 9.17) is 4.98 Å². The first-order chi connectivity index (χ1) is 22.1. The van der Waals surface area contributed by atoms with Crippen LogP contribution < -0.4 is 21.6 Å². The molecule has 1 unspecified atom stereocenters. The summed E-state index contributed by atoms with van der Waals surface area (Å²) in [5.74, 6) is -0.296. The van der Waals surface area contributed by atoms with Crippen LogP contribution in [0.2, 0.25) is 0 Å². The smallest absolute Gasteiger partial charge is 0.123 e.